The van der Waals surface area contributed by atoms with Crippen molar-refractivity contribution in [3.8, 4) is 5.69 Å². The first-order chi connectivity index (χ1) is 12.5. The fourth-order valence-corrected chi connectivity index (χ4v) is 2.85. The van der Waals surface area contributed by atoms with Gasteiger partial charge in [-0.25, -0.2) is 9.18 Å². The van der Waals surface area contributed by atoms with Gasteiger partial charge in [-0.2, -0.15) is 0 Å². The Morgan fingerprint density at radius 3 is 2.35 bits per heavy atom. The molecule has 0 saturated heterocycles. The highest BCUT2D eigenvalue weighted by atomic mass is 19.1. The normalized spacial score (nSPS) is 11.1. The van der Waals surface area contributed by atoms with Gasteiger partial charge in [0.15, 0.2) is 0 Å². The van der Waals surface area contributed by atoms with E-state index in [2.05, 4.69) is 9.56 Å². The minimum atomic E-state index is -0.357. The molecule has 4 nitrogen and oxygen atoms in total. The van der Waals surface area contributed by atoms with Gasteiger partial charge >= 0.3 is 5.97 Å². The summed E-state index contributed by atoms with van der Waals surface area (Å²) in [5, 5.41) is 0. The second-order valence-corrected chi connectivity index (χ2v) is 5.93. The number of hydrogen-bond acceptors (Lipinski definition) is 3. The highest BCUT2D eigenvalue weighted by Gasteiger charge is 2.11. The summed E-state index contributed by atoms with van der Waals surface area (Å²) < 4.78 is 19.8. The number of rotatable bonds is 4. The fraction of sp³-hybridized carbons (Fsp3) is 0.143. The molecule has 2 aromatic carbocycles. The molecule has 0 amide bonds. The van der Waals surface area contributed by atoms with Crippen LogP contribution in [-0.2, 0) is 4.74 Å². The molecule has 0 spiro atoms. The first-order valence-corrected chi connectivity index (χ1v) is 8.17. The average Bonchev–Trinajstić information content (AvgIpc) is 2.94. The maximum absolute atomic E-state index is 13.0. The van der Waals surface area contributed by atoms with Gasteiger partial charge in [-0.3, -0.25) is 4.99 Å². The quantitative estimate of drug-likeness (QED) is 0.502. The molecule has 132 valence electrons. The minimum absolute atomic E-state index is 0.280. The Hall–Kier alpha value is -3.21. The second kappa shape index (κ2) is 7.35. The summed E-state index contributed by atoms with van der Waals surface area (Å²) in [6.07, 6.45) is 1.77. The molecule has 26 heavy (non-hydrogen) atoms. The molecule has 1 heterocycles. The van der Waals surface area contributed by atoms with Crippen LogP contribution in [0.4, 0.5) is 10.1 Å². The van der Waals surface area contributed by atoms with E-state index in [1.165, 1.54) is 19.2 Å². The molecule has 0 fully saturated rings. The zero-order valence-electron chi connectivity index (χ0n) is 14.9. The van der Waals surface area contributed by atoms with Crippen LogP contribution in [0.5, 0.6) is 0 Å². The van der Waals surface area contributed by atoms with Gasteiger partial charge in [0, 0.05) is 28.9 Å². The van der Waals surface area contributed by atoms with E-state index in [1.54, 1.807) is 30.5 Å². The van der Waals surface area contributed by atoms with Crippen molar-refractivity contribution in [2.24, 2.45) is 4.99 Å². The smallest absolute Gasteiger partial charge is 0.337 e. The molecular weight excluding hydrogens is 331 g/mol. The van der Waals surface area contributed by atoms with E-state index in [4.69, 9.17) is 4.74 Å². The molecule has 0 radical (unpaired) electrons. The molecule has 0 saturated carbocycles. The summed E-state index contributed by atoms with van der Waals surface area (Å²) in [6.45, 7) is 4.02. The van der Waals surface area contributed by atoms with Gasteiger partial charge in [0.1, 0.15) is 5.82 Å². The number of nitrogens with zero attached hydrogens (tertiary/aromatic N) is 2. The van der Waals surface area contributed by atoms with Crippen LogP contribution in [0.2, 0.25) is 0 Å². The number of ether oxygens (including phenoxy) is 1. The average molecular weight is 350 g/mol. The van der Waals surface area contributed by atoms with Crippen LogP contribution in [0.1, 0.15) is 27.3 Å². The SMILES string of the molecule is COC(=O)c1ccc(-n2c(C)cc(C=Nc3ccc(F)cc3)c2C)cc1. The third kappa shape index (κ3) is 3.57. The van der Waals surface area contributed by atoms with Crippen molar-refractivity contribution < 1.29 is 13.9 Å². The van der Waals surface area contributed by atoms with Gasteiger partial charge in [-0.1, -0.05) is 0 Å². The maximum Gasteiger partial charge on any atom is 0.337 e. The zero-order chi connectivity index (χ0) is 18.7. The van der Waals surface area contributed by atoms with Crippen LogP contribution >= 0.6 is 0 Å². The monoisotopic (exact) mass is 350 g/mol. The van der Waals surface area contributed by atoms with Crippen LogP contribution in [0.15, 0.2) is 59.6 Å². The summed E-state index contributed by atoms with van der Waals surface area (Å²) in [5.41, 5.74) is 5.21. The van der Waals surface area contributed by atoms with E-state index < -0.39 is 0 Å². The molecule has 3 aromatic rings. The largest absolute Gasteiger partial charge is 0.465 e. The van der Waals surface area contributed by atoms with Crippen LogP contribution in [0.25, 0.3) is 5.69 Å². The lowest BCUT2D eigenvalue weighted by molar-refractivity contribution is 0.0601. The molecule has 0 aliphatic heterocycles. The van der Waals surface area contributed by atoms with E-state index in [0.717, 1.165) is 22.6 Å². The van der Waals surface area contributed by atoms with Crippen LogP contribution in [-0.4, -0.2) is 23.9 Å². The molecule has 1 aromatic heterocycles. The number of aliphatic imine (C=N–C) groups is 1. The molecule has 3 rings (SSSR count). The topological polar surface area (TPSA) is 43.6 Å². The van der Waals surface area contributed by atoms with E-state index in [1.807, 2.05) is 32.0 Å². The highest BCUT2D eigenvalue weighted by Crippen LogP contribution is 2.21. The van der Waals surface area contributed by atoms with E-state index in [0.29, 0.717) is 11.3 Å². The molecule has 0 aliphatic carbocycles. The van der Waals surface area contributed by atoms with Crippen molar-refractivity contribution in [2.75, 3.05) is 7.11 Å². The number of carbonyl (C=O) groups is 1. The van der Waals surface area contributed by atoms with Crippen LogP contribution in [0.3, 0.4) is 0 Å². The Balaban J connectivity index is 1.90. The minimum Gasteiger partial charge on any atom is -0.465 e. The second-order valence-electron chi connectivity index (χ2n) is 5.93. The molecule has 5 heteroatoms. The number of benzene rings is 2. The van der Waals surface area contributed by atoms with E-state index in [9.17, 15) is 9.18 Å². The summed E-state index contributed by atoms with van der Waals surface area (Å²) in [4.78, 5) is 16.0. The number of hydrogen-bond donors (Lipinski definition) is 0. The van der Waals surface area contributed by atoms with Gasteiger partial charge in [0.25, 0.3) is 0 Å². The lowest BCUT2D eigenvalue weighted by Crippen LogP contribution is -2.03. The maximum atomic E-state index is 13.0. The molecule has 0 unspecified atom stereocenters. The van der Waals surface area contributed by atoms with Crippen LogP contribution < -0.4 is 0 Å². The zero-order valence-corrected chi connectivity index (χ0v) is 14.9. The summed E-state index contributed by atoms with van der Waals surface area (Å²) in [5.74, 6) is -0.637. The van der Waals surface area contributed by atoms with Crippen molar-refractivity contribution >= 4 is 17.9 Å². The van der Waals surface area contributed by atoms with Gasteiger partial charge in [0.05, 0.1) is 18.4 Å². The Morgan fingerprint density at radius 1 is 1.08 bits per heavy atom. The Kier molecular flexibility index (Phi) is 4.98. The molecule has 0 bridgehead atoms. The summed E-state index contributed by atoms with van der Waals surface area (Å²) in [7, 11) is 1.36. The Labute approximate surface area is 151 Å². The number of carbonyl (C=O) groups excluding carboxylic acids is 1. The molecular formula is C21H19FN2O2. The Morgan fingerprint density at radius 2 is 1.73 bits per heavy atom. The summed E-state index contributed by atoms with van der Waals surface area (Å²) in [6, 6.07) is 15.3. The Bertz CT molecular complexity index is 955. The van der Waals surface area contributed by atoms with Gasteiger partial charge in [-0.15, -0.1) is 0 Å². The predicted octanol–water partition coefficient (Wildman–Crippen LogP) is 4.77. The van der Waals surface area contributed by atoms with Gasteiger partial charge < -0.3 is 9.30 Å². The number of aryl methyl sites for hydroxylation is 1. The summed E-state index contributed by atoms with van der Waals surface area (Å²) >= 11 is 0. The highest BCUT2D eigenvalue weighted by molar-refractivity contribution is 5.89. The standard InChI is InChI=1S/C21H19FN2O2/c1-14-12-17(13-23-19-8-6-18(22)7-9-19)15(2)24(14)20-10-4-16(5-11-20)21(25)26-3/h4-13H,1-3H3. The first kappa shape index (κ1) is 17.6. The van der Waals surface area contributed by atoms with Crippen molar-refractivity contribution in [1.29, 1.82) is 0 Å². The number of halogens is 1. The van der Waals surface area contributed by atoms with E-state index >= 15 is 0 Å². The third-order valence-corrected chi connectivity index (χ3v) is 4.20. The lowest BCUT2D eigenvalue weighted by Gasteiger charge is -2.10. The van der Waals surface area contributed by atoms with Crippen molar-refractivity contribution in [2.45, 2.75) is 13.8 Å². The van der Waals surface area contributed by atoms with Crippen molar-refractivity contribution in [1.82, 2.24) is 4.57 Å². The number of aromatic nitrogens is 1. The van der Waals surface area contributed by atoms with Gasteiger partial charge in [0.2, 0.25) is 0 Å². The van der Waals surface area contributed by atoms with E-state index in [-0.39, 0.29) is 11.8 Å². The number of methoxy groups -OCH3 is 1. The molecule has 0 atom stereocenters. The first-order valence-electron chi connectivity index (χ1n) is 8.17. The van der Waals surface area contributed by atoms with Crippen molar-refractivity contribution in [3.05, 3.63) is 82.9 Å². The molecule has 0 aliphatic rings. The number of esters is 1. The fourth-order valence-electron chi connectivity index (χ4n) is 2.85. The van der Waals surface area contributed by atoms with Crippen molar-refractivity contribution in [3.63, 3.8) is 0 Å². The lowest BCUT2D eigenvalue weighted by atomic mass is 10.2. The predicted molar refractivity (Wildman–Crippen MR) is 100 cm³/mol. The van der Waals surface area contributed by atoms with Gasteiger partial charge in [-0.05, 0) is 68.4 Å². The third-order valence-electron chi connectivity index (χ3n) is 4.20. The van der Waals surface area contributed by atoms with Crippen LogP contribution in [0, 0.1) is 19.7 Å². The molecule has 0 N–H and O–H groups in total.